The molecule has 0 aromatic rings. The van der Waals surface area contributed by atoms with Crippen LogP contribution < -0.4 is 5.32 Å². The van der Waals surface area contributed by atoms with Crippen molar-refractivity contribution in [3.8, 4) is 0 Å². The lowest BCUT2D eigenvalue weighted by atomic mass is 10.1. The number of nitrogens with zero attached hydrogens (tertiary/aromatic N) is 1. The number of amides is 1. The van der Waals surface area contributed by atoms with E-state index in [2.05, 4.69) is 17.1 Å². The Morgan fingerprint density at radius 3 is 2.50 bits per heavy atom. The van der Waals surface area contributed by atoms with Crippen molar-refractivity contribution in [3.63, 3.8) is 0 Å². The van der Waals surface area contributed by atoms with Gasteiger partial charge in [-0.25, -0.2) is 0 Å². The van der Waals surface area contributed by atoms with Crippen molar-refractivity contribution < 1.29 is 4.79 Å². The van der Waals surface area contributed by atoms with Gasteiger partial charge in [0.15, 0.2) is 0 Å². The molecular weight excluding hydrogens is 224 g/mol. The van der Waals surface area contributed by atoms with Crippen LogP contribution in [0.1, 0.15) is 58.8 Å². The molecule has 1 N–H and O–H groups in total. The summed E-state index contributed by atoms with van der Waals surface area (Å²) in [5.74, 6) is 0.404. The second-order valence-corrected chi connectivity index (χ2v) is 5.59. The fourth-order valence-electron chi connectivity index (χ4n) is 2.61. The fraction of sp³-hybridized carbons (Fsp3) is 0.933. The number of hydrogen-bond acceptors (Lipinski definition) is 2. The zero-order chi connectivity index (χ0) is 13.2. The van der Waals surface area contributed by atoms with Gasteiger partial charge in [0.05, 0.1) is 0 Å². The van der Waals surface area contributed by atoms with Gasteiger partial charge in [0.25, 0.3) is 0 Å². The molecule has 1 aliphatic heterocycles. The van der Waals surface area contributed by atoms with E-state index >= 15 is 0 Å². The lowest BCUT2D eigenvalue weighted by molar-refractivity contribution is -0.124. The molecule has 1 unspecified atom stereocenters. The number of carbonyl (C=O) groups is 1. The quantitative estimate of drug-likeness (QED) is 0.709. The average molecular weight is 254 g/mol. The molecular formula is C15H30N2O. The SMILES string of the molecule is CCCC(C)C(=O)NCCCN1CCCCCC1. The predicted molar refractivity (Wildman–Crippen MR) is 76.6 cm³/mol. The minimum absolute atomic E-state index is 0.174. The summed E-state index contributed by atoms with van der Waals surface area (Å²) in [6.45, 7) is 8.63. The van der Waals surface area contributed by atoms with Crippen LogP contribution in [-0.4, -0.2) is 37.0 Å². The van der Waals surface area contributed by atoms with Crippen LogP contribution in [0, 0.1) is 5.92 Å². The fourth-order valence-corrected chi connectivity index (χ4v) is 2.61. The van der Waals surface area contributed by atoms with Gasteiger partial charge < -0.3 is 10.2 Å². The topological polar surface area (TPSA) is 32.3 Å². The normalized spacial score (nSPS) is 19.2. The number of carbonyl (C=O) groups excluding carboxylic acids is 1. The zero-order valence-electron chi connectivity index (χ0n) is 12.2. The molecule has 106 valence electrons. The van der Waals surface area contributed by atoms with Gasteiger partial charge in [0.1, 0.15) is 0 Å². The molecule has 1 fully saturated rings. The van der Waals surface area contributed by atoms with Crippen molar-refractivity contribution in [3.05, 3.63) is 0 Å². The van der Waals surface area contributed by atoms with Gasteiger partial charge in [-0.15, -0.1) is 0 Å². The largest absolute Gasteiger partial charge is 0.356 e. The van der Waals surface area contributed by atoms with E-state index in [4.69, 9.17) is 0 Å². The first-order valence-corrected chi connectivity index (χ1v) is 7.74. The van der Waals surface area contributed by atoms with Crippen LogP contribution >= 0.6 is 0 Å². The van der Waals surface area contributed by atoms with Crippen LogP contribution in [0.3, 0.4) is 0 Å². The van der Waals surface area contributed by atoms with E-state index in [-0.39, 0.29) is 11.8 Å². The molecule has 3 nitrogen and oxygen atoms in total. The van der Waals surface area contributed by atoms with Gasteiger partial charge in [0, 0.05) is 12.5 Å². The minimum atomic E-state index is 0.174. The lowest BCUT2D eigenvalue weighted by Crippen LogP contribution is -2.33. The van der Waals surface area contributed by atoms with E-state index in [0.29, 0.717) is 0 Å². The van der Waals surface area contributed by atoms with Gasteiger partial charge >= 0.3 is 0 Å². The first-order chi connectivity index (χ1) is 8.74. The third kappa shape index (κ3) is 6.39. The van der Waals surface area contributed by atoms with Gasteiger partial charge in [-0.3, -0.25) is 4.79 Å². The van der Waals surface area contributed by atoms with E-state index < -0.39 is 0 Å². The number of likely N-dealkylation sites (tertiary alicyclic amines) is 1. The molecule has 1 saturated heterocycles. The Morgan fingerprint density at radius 1 is 1.22 bits per heavy atom. The highest BCUT2D eigenvalue weighted by molar-refractivity contribution is 5.78. The molecule has 1 amide bonds. The van der Waals surface area contributed by atoms with Crippen LogP contribution in [0.25, 0.3) is 0 Å². The van der Waals surface area contributed by atoms with Crippen LogP contribution in [0.4, 0.5) is 0 Å². The van der Waals surface area contributed by atoms with Crippen molar-refractivity contribution in [2.24, 2.45) is 5.92 Å². The Bertz CT molecular complexity index is 223. The summed E-state index contributed by atoms with van der Waals surface area (Å²) < 4.78 is 0. The highest BCUT2D eigenvalue weighted by Crippen LogP contribution is 2.09. The third-order valence-corrected chi connectivity index (χ3v) is 3.82. The Balaban J connectivity index is 2.05. The van der Waals surface area contributed by atoms with E-state index in [0.717, 1.165) is 32.4 Å². The van der Waals surface area contributed by atoms with E-state index in [1.54, 1.807) is 0 Å². The summed E-state index contributed by atoms with van der Waals surface area (Å²) in [6, 6.07) is 0. The van der Waals surface area contributed by atoms with Gasteiger partial charge in [-0.2, -0.15) is 0 Å². The summed E-state index contributed by atoms with van der Waals surface area (Å²) in [4.78, 5) is 14.3. The molecule has 0 aromatic carbocycles. The summed E-state index contributed by atoms with van der Waals surface area (Å²) in [6.07, 6.45) is 8.65. The maximum atomic E-state index is 11.7. The van der Waals surface area contributed by atoms with Gasteiger partial charge in [-0.05, 0) is 45.3 Å². The molecule has 0 saturated carbocycles. The highest BCUT2D eigenvalue weighted by Gasteiger charge is 2.11. The summed E-state index contributed by atoms with van der Waals surface area (Å²) in [5, 5.41) is 3.06. The molecule has 0 radical (unpaired) electrons. The Morgan fingerprint density at radius 2 is 1.89 bits per heavy atom. The van der Waals surface area contributed by atoms with Crippen LogP contribution in [-0.2, 0) is 4.79 Å². The molecule has 1 heterocycles. The standard InChI is InChI=1S/C15H30N2O/c1-3-9-14(2)15(18)16-10-8-13-17-11-6-4-5-7-12-17/h14H,3-13H2,1-2H3,(H,16,18). The van der Waals surface area contributed by atoms with Crippen LogP contribution in [0.15, 0.2) is 0 Å². The second kappa shape index (κ2) is 9.37. The molecule has 0 spiro atoms. The minimum Gasteiger partial charge on any atom is -0.356 e. The van der Waals surface area contributed by atoms with Crippen molar-refractivity contribution in [2.45, 2.75) is 58.8 Å². The zero-order valence-corrected chi connectivity index (χ0v) is 12.2. The molecule has 3 heteroatoms. The molecule has 0 aromatic heterocycles. The molecule has 0 bridgehead atoms. The van der Waals surface area contributed by atoms with Crippen molar-refractivity contribution in [1.29, 1.82) is 0 Å². The summed E-state index contributed by atoms with van der Waals surface area (Å²) in [5.41, 5.74) is 0. The van der Waals surface area contributed by atoms with Gasteiger partial charge in [0.2, 0.25) is 5.91 Å². The number of hydrogen-bond donors (Lipinski definition) is 1. The first-order valence-electron chi connectivity index (χ1n) is 7.74. The van der Waals surface area contributed by atoms with Crippen molar-refractivity contribution >= 4 is 5.91 Å². The third-order valence-electron chi connectivity index (χ3n) is 3.82. The average Bonchev–Trinajstić information content (AvgIpc) is 2.63. The molecule has 1 aliphatic rings. The summed E-state index contributed by atoms with van der Waals surface area (Å²) >= 11 is 0. The first kappa shape index (κ1) is 15.5. The predicted octanol–water partition coefficient (Wildman–Crippen LogP) is 2.80. The molecule has 1 rings (SSSR count). The molecule has 0 aliphatic carbocycles. The van der Waals surface area contributed by atoms with Crippen LogP contribution in [0.5, 0.6) is 0 Å². The van der Waals surface area contributed by atoms with Gasteiger partial charge in [-0.1, -0.05) is 33.1 Å². The van der Waals surface area contributed by atoms with E-state index in [1.165, 1.54) is 38.8 Å². The summed E-state index contributed by atoms with van der Waals surface area (Å²) in [7, 11) is 0. The number of nitrogens with one attached hydrogen (secondary N) is 1. The smallest absolute Gasteiger partial charge is 0.222 e. The van der Waals surface area contributed by atoms with E-state index in [1.807, 2.05) is 6.92 Å². The molecule has 1 atom stereocenters. The maximum Gasteiger partial charge on any atom is 0.222 e. The highest BCUT2D eigenvalue weighted by atomic mass is 16.1. The van der Waals surface area contributed by atoms with E-state index in [9.17, 15) is 4.79 Å². The van der Waals surface area contributed by atoms with Crippen LogP contribution in [0.2, 0.25) is 0 Å². The Labute approximate surface area is 112 Å². The monoisotopic (exact) mass is 254 g/mol. The maximum absolute atomic E-state index is 11.7. The second-order valence-electron chi connectivity index (χ2n) is 5.59. The van der Waals surface area contributed by atoms with Crippen molar-refractivity contribution in [2.75, 3.05) is 26.2 Å². The number of rotatable bonds is 7. The van der Waals surface area contributed by atoms with Crippen molar-refractivity contribution in [1.82, 2.24) is 10.2 Å². The molecule has 18 heavy (non-hydrogen) atoms. The Hall–Kier alpha value is -0.570. The lowest BCUT2D eigenvalue weighted by Gasteiger charge is -2.19. The Kier molecular flexibility index (Phi) is 8.06.